The molecule has 12 heavy (non-hydrogen) atoms. The zero-order valence-corrected chi connectivity index (χ0v) is 7.30. The molecule has 1 amide bonds. The van der Waals surface area contributed by atoms with Crippen molar-refractivity contribution in [1.82, 2.24) is 15.2 Å². The first-order valence-corrected chi connectivity index (χ1v) is 3.80. The Kier molecular flexibility index (Phi) is 2.67. The van der Waals surface area contributed by atoms with Crippen LogP contribution in [0.5, 0.6) is 0 Å². The molecule has 1 heterocycles. The minimum absolute atomic E-state index is 0.154. The van der Waals surface area contributed by atoms with Gasteiger partial charge >= 0.3 is 0 Å². The number of nitrogens with one attached hydrogen (secondary N) is 1. The summed E-state index contributed by atoms with van der Waals surface area (Å²) in [4.78, 5) is 11.0. The number of nitrogen functional groups attached to an aromatic ring is 1. The largest absolute Gasteiger partial charge is 0.289 e. The van der Waals surface area contributed by atoms with Gasteiger partial charge in [-0.15, -0.1) is 0 Å². The molecule has 0 spiro atoms. The number of carbonyl (C=O) groups excluding carboxylic acids is 1. The molecule has 66 valence electrons. The van der Waals surface area contributed by atoms with Gasteiger partial charge in [0, 0.05) is 12.7 Å². The number of aryl methyl sites for hydroxylation is 1. The fourth-order valence-corrected chi connectivity index (χ4v) is 1.02. The van der Waals surface area contributed by atoms with Gasteiger partial charge in [-0.3, -0.25) is 14.9 Å². The summed E-state index contributed by atoms with van der Waals surface area (Å²) in [7, 11) is 0. The first-order valence-electron chi connectivity index (χ1n) is 3.43. The zero-order valence-electron chi connectivity index (χ0n) is 6.54. The average molecular weight is 189 g/mol. The highest BCUT2D eigenvalue weighted by Gasteiger charge is 2.13. The van der Waals surface area contributed by atoms with Crippen molar-refractivity contribution in [3.8, 4) is 0 Å². The van der Waals surface area contributed by atoms with Gasteiger partial charge in [-0.2, -0.15) is 5.10 Å². The molecule has 0 radical (unpaired) electrons. The summed E-state index contributed by atoms with van der Waals surface area (Å²) in [5.41, 5.74) is 2.11. The molecular formula is C6H9ClN4O. The van der Waals surface area contributed by atoms with E-state index in [0.717, 1.165) is 0 Å². The van der Waals surface area contributed by atoms with Crippen molar-refractivity contribution in [3.63, 3.8) is 0 Å². The molecule has 0 atom stereocenters. The average Bonchev–Trinajstić information content (AvgIpc) is 2.45. The number of hydrogen-bond acceptors (Lipinski definition) is 3. The Balaban J connectivity index is 2.99. The van der Waals surface area contributed by atoms with Crippen LogP contribution in [0.3, 0.4) is 0 Å². The maximum absolute atomic E-state index is 11.0. The van der Waals surface area contributed by atoms with E-state index in [1.54, 1.807) is 10.9 Å². The first kappa shape index (κ1) is 9.02. The predicted octanol–water partition coefficient (Wildman–Crippen LogP) is 0.160. The standard InChI is InChI=1S/C6H9ClN4O/c1-2-11-3-4(7)5(10-11)6(12)9-8/h3H,2,8H2,1H3,(H,9,12). The minimum atomic E-state index is -0.479. The SMILES string of the molecule is CCn1cc(Cl)c(C(=O)NN)n1. The second-order valence-corrected chi connectivity index (χ2v) is 2.56. The third-order valence-corrected chi connectivity index (χ3v) is 1.66. The van der Waals surface area contributed by atoms with Crippen LogP contribution in [-0.4, -0.2) is 15.7 Å². The van der Waals surface area contributed by atoms with Gasteiger partial charge in [-0.1, -0.05) is 11.6 Å². The Morgan fingerprint density at radius 1 is 1.92 bits per heavy atom. The molecule has 1 aromatic rings. The van der Waals surface area contributed by atoms with Gasteiger partial charge in [0.1, 0.15) is 0 Å². The van der Waals surface area contributed by atoms with Crippen molar-refractivity contribution in [1.29, 1.82) is 0 Å². The zero-order chi connectivity index (χ0) is 9.14. The molecule has 1 rings (SSSR count). The van der Waals surface area contributed by atoms with Gasteiger partial charge in [-0.25, -0.2) is 5.84 Å². The Hall–Kier alpha value is -1.07. The van der Waals surface area contributed by atoms with E-state index in [0.29, 0.717) is 11.6 Å². The fourth-order valence-electron chi connectivity index (χ4n) is 0.781. The molecule has 6 heteroatoms. The van der Waals surface area contributed by atoms with Crippen LogP contribution in [0.1, 0.15) is 17.4 Å². The monoisotopic (exact) mass is 188 g/mol. The normalized spacial score (nSPS) is 9.92. The molecule has 0 bridgehead atoms. The molecule has 0 saturated carbocycles. The van der Waals surface area contributed by atoms with E-state index in [1.165, 1.54) is 0 Å². The second-order valence-electron chi connectivity index (χ2n) is 2.15. The number of amides is 1. The van der Waals surface area contributed by atoms with Crippen LogP contribution in [-0.2, 0) is 6.54 Å². The number of aromatic nitrogens is 2. The molecule has 0 aliphatic carbocycles. The lowest BCUT2D eigenvalue weighted by molar-refractivity contribution is 0.0948. The predicted molar refractivity (Wildman–Crippen MR) is 44.6 cm³/mol. The number of hydrazine groups is 1. The molecule has 5 nitrogen and oxygen atoms in total. The fraction of sp³-hybridized carbons (Fsp3) is 0.333. The Labute approximate surface area is 74.5 Å². The number of rotatable bonds is 2. The van der Waals surface area contributed by atoms with Crippen LogP contribution in [0.4, 0.5) is 0 Å². The molecule has 0 unspecified atom stereocenters. The van der Waals surface area contributed by atoms with E-state index in [1.807, 2.05) is 12.3 Å². The van der Waals surface area contributed by atoms with Gasteiger partial charge < -0.3 is 0 Å². The number of nitrogens with zero attached hydrogens (tertiary/aromatic N) is 2. The summed E-state index contributed by atoms with van der Waals surface area (Å²) in [5, 5.41) is 4.20. The molecule has 0 saturated heterocycles. The van der Waals surface area contributed by atoms with E-state index in [9.17, 15) is 4.79 Å². The van der Waals surface area contributed by atoms with Gasteiger partial charge in [0.25, 0.3) is 5.91 Å². The lowest BCUT2D eigenvalue weighted by atomic mass is 10.4. The van der Waals surface area contributed by atoms with Crippen molar-refractivity contribution in [2.75, 3.05) is 0 Å². The van der Waals surface area contributed by atoms with Crippen LogP contribution in [0.2, 0.25) is 5.02 Å². The summed E-state index contributed by atoms with van der Waals surface area (Å²) in [6.07, 6.45) is 1.58. The first-order chi connectivity index (χ1) is 5.69. The van der Waals surface area contributed by atoms with Gasteiger partial charge in [-0.05, 0) is 6.92 Å². The number of halogens is 1. The van der Waals surface area contributed by atoms with Gasteiger partial charge in [0.15, 0.2) is 5.69 Å². The number of hydrogen-bond donors (Lipinski definition) is 2. The molecule has 3 N–H and O–H groups in total. The van der Waals surface area contributed by atoms with E-state index in [-0.39, 0.29) is 5.69 Å². The lowest BCUT2D eigenvalue weighted by Crippen LogP contribution is -2.30. The summed E-state index contributed by atoms with van der Waals surface area (Å²) >= 11 is 5.70. The Morgan fingerprint density at radius 2 is 2.58 bits per heavy atom. The lowest BCUT2D eigenvalue weighted by Gasteiger charge is -1.93. The molecule has 1 aromatic heterocycles. The summed E-state index contributed by atoms with van der Waals surface area (Å²) in [6.45, 7) is 2.56. The highest BCUT2D eigenvalue weighted by Crippen LogP contribution is 2.12. The maximum atomic E-state index is 11.0. The van der Waals surface area contributed by atoms with E-state index in [4.69, 9.17) is 17.4 Å². The van der Waals surface area contributed by atoms with Crippen LogP contribution < -0.4 is 11.3 Å². The highest BCUT2D eigenvalue weighted by atomic mass is 35.5. The summed E-state index contributed by atoms with van der Waals surface area (Å²) in [6, 6.07) is 0. The maximum Gasteiger partial charge on any atom is 0.287 e. The quantitative estimate of drug-likeness (QED) is 0.395. The number of carbonyl (C=O) groups is 1. The second kappa shape index (κ2) is 3.55. The van der Waals surface area contributed by atoms with Crippen molar-refractivity contribution < 1.29 is 4.79 Å². The van der Waals surface area contributed by atoms with Crippen molar-refractivity contribution >= 4 is 17.5 Å². The third-order valence-electron chi connectivity index (χ3n) is 1.39. The Bertz CT molecular complexity index is 296. The van der Waals surface area contributed by atoms with Crippen molar-refractivity contribution in [2.45, 2.75) is 13.5 Å². The van der Waals surface area contributed by atoms with E-state index < -0.39 is 5.91 Å². The molecule has 0 aliphatic rings. The van der Waals surface area contributed by atoms with Crippen molar-refractivity contribution in [3.05, 3.63) is 16.9 Å². The van der Waals surface area contributed by atoms with Crippen molar-refractivity contribution in [2.24, 2.45) is 5.84 Å². The summed E-state index contributed by atoms with van der Waals surface area (Å²) in [5.74, 6) is 4.44. The van der Waals surface area contributed by atoms with Crippen LogP contribution >= 0.6 is 11.6 Å². The topological polar surface area (TPSA) is 72.9 Å². The van der Waals surface area contributed by atoms with Gasteiger partial charge in [0.05, 0.1) is 5.02 Å². The minimum Gasteiger partial charge on any atom is -0.289 e. The third kappa shape index (κ3) is 1.57. The van der Waals surface area contributed by atoms with E-state index >= 15 is 0 Å². The molecular weight excluding hydrogens is 180 g/mol. The smallest absolute Gasteiger partial charge is 0.287 e. The Morgan fingerprint density at radius 3 is 3.00 bits per heavy atom. The molecule has 0 aliphatic heterocycles. The van der Waals surface area contributed by atoms with E-state index in [2.05, 4.69) is 5.10 Å². The van der Waals surface area contributed by atoms with Crippen LogP contribution in [0.15, 0.2) is 6.20 Å². The van der Waals surface area contributed by atoms with Crippen LogP contribution in [0, 0.1) is 0 Å². The molecule has 0 fully saturated rings. The molecule has 0 aromatic carbocycles. The highest BCUT2D eigenvalue weighted by molar-refractivity contribution is 6.33. The van der Waals surface area contributed by atoms with Gasteiger partial charge in [0.2, 0.25) is 0 Å². The summed E-state index contributed by atoms with van der Waals surface area (Å²) < 4.78 is 1.56. The van der Waals surface area contributed by atoms with Crippen LogP contribution in [0.25, 0.3) is 0 Å². The number of nitrogens with two attached hydrogens (primary N) is 1.